The lowest BCUT2D eigenvalue weighted by atomic mass is 9.94. The molecule has 2 aromatic heterocycles. The minimum Gasteiger partial charge on any atom is -0.496 e. The number of para-hydroxylation sites is 1. The van der Waals surface area contributed by atoms with Gasteiger partial charge in [0.2, 0.25) is 0 Å². The summed E-state index contributed by atoms with van der Waals surface area (Å²) in [6.45, 7) is 6.68. The van der Waals surface area contributed by atoms with Crippen molar-refractivity contribution in [2.45, 2.75) is 26.8 Å². The van der Waals surface area contributed by atoms with Gasteiger partial charge in [-0.1, -0.05) is 41.7 Å². The van der Waals surface area contributed by atoms with Crippen LogP contribution in [0.3, 0.4) is 0 Å². The molecule has 0 spiro atoms. The number of thiazole rings is 1. The molecule has 2 aromatic carbocycles. The van der Waals surface area contributed by atoms with Crippen LogP contribution in [0.5, 0.6) is 5.75 Å². The molecular weight excluding hydrogens is 542 g/mol. The number of carboxylic acid groups (broad SMARTS) is 1. The summed E-state index contributed by atoms with van der Waals surface area (Å²) in [5.41, 5.74) is 2.27. The van der Waals surface area contributed by atoms with Crippen LogP contribution in [-0.2, 0) is 4.79 Å². The molecule has 1 amide bonds. The minimum atomic E-state index is -1.00. The fourth-order valence-electron chi connectivity index (χ4n) is 4.95. The number of fused-ring (bicyclic) bond motifs is 1. The van der Waals surface area contributed by atoms with Gasteiger partial charge in [-0.3, -0.25) is 14.2 Å². The molecule has 9 nitrogen and oxygen atoms in total. The van der Waals surface area contributed by atoms with Crippen molar-refractivity contribution < 1.29 is 23.8 Å². The van der Waals surface area contributed by atoms with Crippen molar-refractivity contribution in [1.29, 1.82) is 0 Å². The van der Waals surface area contributed by atoms with Gasteiger partial charge in [0.1, 0.15) is 23.3 Å². The summed E-state index contributed by atoms with van der Waals surface area (Å²) in [6, 6.07) is 16.5. The van der Waals surface area contributed by atoms with Gasteiger partial charge in [0, 0.05) is 30.3 Å². The molecule has 0 aliphatic carbocycles. The number of methoxy groups -OCH3 is 1. The molecule has 0 bridgehead atoms. The number of carboxylic acids is 1. The summed E-state index contributed by atoms with van der Waals surface area (Å²) in [6.07, 6.45) is 1.66. The summed E-state index contributed by atoms with van der Waals surface area (Å²) in [7, 11) is 1.56. The van der Waals surface area contributed by atoms with Crippen LogP contribution in [0.2, 0.25) is 0 Å². The Kier molecular flexibility index (Phi) is 7.76. The van der Waals surface area contributed by atoms with Gasteiger partial charge < -0.3 is 19.2 Å². The van der Waals surface area contributed by atoms with E-state index in [4.69, 9.17) is 19.3 Å². The van der Waals surface area contributed by atoms with Crippen molar-refractivity contribution in [3.05, 3.63) is 109 Å². The fraction of sp³-hybridized carbons (Fsp3) is 0.226. The van der Waals surface area contributed by atoms with Crippen LogP contribution >= 0.6 is 11.3 Å². The lowest BCUT2D eigenvalue weighted by Gasteiger charge is -2.29. The monoisotopic (exact) mass is 571 g/mol. The third kappa shape index (κ3) is 5.14. The first kappa shape index (κ1) is 27.9. The molecule has 10 heteroatoms. The van der Waals surface area contributed by atoms with Crippen LogP contribution in [0.25, 0.3) is 17.4 Å². The number of hydrogen-bond acceptors (Lipinski definition) is 7. The highest BCUT2D eigenvalue weighted by molar-refractivity contribution is 7.07. The number of ether oxygens (including phenoxy) is 1. The Bertz CT molecular complexity index is 1840. The average Bonchev–Trinajstić information content (AvgIpc) is 3.57. The number of likely N-dealkylation sites (N-methyl/N-ethyl adjacent to an activating group) is 1. The van der Waals surface area contributed by atoms with Crippen LogP contribution in [0, 0.1) is 0 Å². The van der Waals surface area contributed by atoms with E-state index < -0.39 is 12.0 Å². The molecule has 5 rings (SSSR count). The zero-order valence-electron chi connectivity index (χ0n) is 23.1. The maximum Gasteiger partial charge on any atom is 0.335 e. The molecule has 1 N–H and O–H groups in total. The maximum atomic E-state index is 14.0. The molecule has 3 heterocycles. The molecule has 0 unspecified atom stereocenters. The number of rotatable bonds is 8. The maximum absolute atomic E-state index is 14.0. The van der Waals surface area contributed by atoms with E-state index in [0.29, 0.717) is 62.1 Å². The van der Waals surface area contributed by atoms with Gasteiger partial charge in [-0.15, -0.1) is 0 Å². The third-order valence-electron chi connectivity index (χ3n) is 7.05. The fourth-order valence-corrected chi connectivity index (χ4v) is 5.98. The first-order chi connectivity index (χ1) is 19.8. The molecular formula is C31H29N3O6S. The normalized spacial score (nSPS) is 14.9. The Hall–Kier alpha value is -4.70. The van der Waals surface area contributed by atoms with Gasteiger partial charge in [0.15, 0.2) is 4.80 Å². The number of aromatic nitrogens is 1. The SMILES string of the molecule is CCN(CC)C(=O)C1=C(C)N=c2s/c(=C/c3ccc(-c4ccc(C(=O)O)cc4)o3)c(=O)n2[C@@H]1c1ccccc1OC. The van der Waals surface area contributed by atoms with Gasteiger partial charge in [-0.2, -0.15) is 0 Å². The third-order valence-corrected chi connectivity index (χ3v) is 8.04. The van der Waals surface area contributed by atoms with E-state index in [1.54, 1.807) is 53.8 Å². The second-order valence-corrected chi connectivity index (χ2v) is 10.4. The van der Waals surface area contributed by atoms with Crippen molar-refractivity contribution >= 4 is 29.3 Å². The number of furan rings is 1. The molecule has 1 aliphatic heterocycles. The number of aromatic carboxylic acids is 1. The quantitative estimate of drug-likeness (QED) is 0.341. The highest BCUT2D eigenvalue weighted by Crippen LogP contribution is 2.36. The molecule has 210 valence electrons. The zero-order valence-corrected chi connectivity index (χ0v) is 23.9. The first-order valence-electron chi connectivity index (χ1n) is 13.2. The van der Waals surface area contributed by atoms with E-state index in [9.17, 15) is 14.4 Å². The molecule has 0 fully saturated rings. The Labute approximate surface area is 240 Å². The average molecular weight is 572 g/mol. The second kappa shape index (κ2) is 11.4. The molecule has 4 aromatic rings. The van der Waals surface area contributed by atoms with Crippen LogP contribution in [-0.4, -0.2) is 46.6 Å². The van der Waals surface area contributed by atoms with Crippen molar-refractivity contribution in [3.8, 4) is 17.1 Å². The number of allylic oxidation sites excluding steroid dienone is 1. The number of carbonyl (C=O) groups is 2. The van der Waals surface area contributed by atoms with E-state index >= 15 is 0 Å². The number of benzene rings is 2. The smallest absolute Gasteiger partial charge is 0.335 e. The summed E-state index contributed by atoms with van der Waals surface area (Å²) in [4.78, 5) is 45.8. The standard InChI is InChI=1S/C31H29N3O6S/c1-5-33(6-2)29(36)26-18(3)32-31-34(27(26)22-9-7-8-10-24(22)39-4)28(35)25(41-31)17-21-15-16-23(40-21)19-11-13-20(14-12-19)30(37)38/h7-17,27H,5-6H2,1-4H3,(H,37,38)/b25-17+/t27-/m1/s1. The number of carbonyl (C=O) groups excluding carboxylic acids is 1. The van der Waals surface area contributed by atoms with E-state index in [0.717, 1.165) is 0 Å². The largest absolute Gasteiger partial charge is 0.496 e. The number of hydrogen-bond donors (Lipinski definition) is 1. The van der Waals surface area contributed by atoms with Gasteiger partial charge in [0.05, 0.1) is 28.5 Å². The van der Waals surface area contributed by atoms with Crippen LogP contribution in [0.4, 0.5) is 0 Å². The van der Waals surface area contributed by atoms with Crippen molar-refractivity contribution in [3.63, 3.8) is 0 Å². The topological polar surface area (TPSA) is 114 Å². The Morgan fingerprint density at radius 2 is 1.80 bits per heavy atom. The Morgan fingerprint density at radius 1 is 1.10 bits per heavy atom. The minimum absolute atomic E-state index is 0.175. The zero-order chi connectivity index (χ0) is 29.3. The lowest BCUT2D eigenvalue weighted by molar-refractivity contribution is -0.127. The lowest BCUT2D eigenvalue weighted by Crippen LogP contribution is -2.43. The van der Waals surface area contributed by atoms with Crippen LogP contribution < -0.4 is 19.6 Å². The van der Waals surface area contributed by atoms with Crippen LogP contribution in [0.1, 0.15) is 48.5 Å². The Morgan fingerprint density at radius 3 is 2.46 bits per heavy atom. The van der Waals surface area contributed by atoms with Crippen molar-refractivity contribution in [2.24, 2.45) is 4.99 Å². The number of nitrogens with zero attached hydrogens (tertiary/aromatic N) is 3. The summed E-state index contributed by atoms with van der Waals surface area (Å²) < 4.78 is 13.6. The molecule has 0 saturated carbocycles. The highest BCUT2D eigenvalue weighted by Gasteiger charge is 2.35. The van der Waals surface area contributed by atoms with E-state index in [1.807, 2.05) is 38.1 Å². The van der Waals surface area contributed by atoms with E-state index in [-0.39, 0.29) is 17.0 Å². The summed E-state index contributed by atoms with van der Waals surface area (Å²) in [5.74, 6) is 0.380. The van der Waals surface area contributed by atoms with Crippen LogP contribution in [0.15, 0.2) is 86.1 Å². The second-order valence-electron chi connectivity index (χ2n) is 9.39. The van der Waals surface area contributed by atoms with E-state index in [2.05, 4.69) is 0 Å². The van der Waals surface area contributed by atoms with Gasteiger partial charge in [-0.05, 0) is 51.1 Å². The predicted octanol–water partition coefficient (Wildman–Crippen LogP) is 4.07. The molecule has 0 saturated heterocycles. The van der Waals surface area contributed by atoms with Crippen molar-refractivity contribution in [2.75, 3.05) is 20.2 Å². The summed E-state index contributed by atoms with van der Waals surface area (Å²) in [5, 5.41) is 9.15. The summed E-state index contributed by atoms with van der Waals surface area (Å²) >= 11 is 1.22. The number of amides is 1. The highest BCUT2D eigenvalue weighted by atomic mass is 32.1. The molecule has 1 aliphatic rings. The molecule has 41 heavy (non-hydrogen) atoms. The van der Waals surface area contributed by atoms with Crippen molar-refractivity contribution in [1.82, 2.24) is 9.47 Å². The molecule has 1 atom stereocenters. The first-order valence-corrected chi connectivity index (χ1v) is 14.0. The van der Waals surface area contributed by atoms with Gasteiger partial charge >= 0.3 is 5.97 Å². The van der Waals surface area contributed by atoms with E-state index in [1.165, 1.54) is 23.5 Å². The molecule has 0 radical (unpaired) electrons. The van der Waals surface area contributed by atoms with Gasteiger partial charge in [-0.25, -0.2) is 9.79 Å². The van der Waals surface area contributed by atoms with Gasteiger partial charge in [0.25, 0.3) is 11.5 Å². The predicted molar refractivity (Wildman–Crippen MR) is 156 cm³/mol. The Balaban J connectivity index is 1.63.